The molecule has 2 aromatic rings. The topological polar surface area (TPSA) is 29.5 Å². The minimum atomic E-state index is -0.567. The van der Waals surface area contributed by atoms with Gasteiger partial charge in [0.1, 0.15) is 6.10 Å². The second-order valence-corrected chi connectivity index (χ2v) is 6.27. The summed E-state index contributed by atoms with van der Waals surface area (Å²) in [4.78, 5) is 0. The molecule has 0 saturated heterocycles. The molecule has 1 aliphatic heterocycles. The molecule has 2 heteroatoms. The summed E-state index contributed by atoms with van der Waals surface area (Å²) in [5.41, 5.74) is 5.63. The predicted molar refractivity (Wildman–Crippen MR) is 84.0 cm³/mol. The first-order valence-electron chi connectivity index (χ1n) is 7.60. The van der Waals surface area contributed by atoms with Gasteiger partial charge in [-0.1, -0.05) is 56.3 Å². The molecule has 21 heavy (non-hydrogen) atoms. The standard InChI is InChI=1S/C19H22O2/c1-13(2)8-14-4-3-5-15(9-14)19(20)16-6-7-17-11-21-12-18(17)10-16/h3-7,9-10,13,19-20H,8,11-12H2,1-2H3. The van der Waals surface area contributed by atoms with Gasteiger partial charge in [0.05, 0.1) is 13.2 Å². The van der Waals surface area contributed by atoms with Crippen molar-refractivity contribution in [3.63, 3.8) is 0 Å². The zero-order chi connectivity index (χ0) is 14.8. The van der Waals surface area contributed by atoms with E-state index in [1.807, 2.05) is 18.2 Å². The van der Waals surface area contributed by atoms with Gasteiger partial charge in [-0.3, -0.25) is 0 Å². The average molecular weight is 282 g/mol. The fourth-order valence-corrected chi connectivity index (χ4v) is 2.92. The van der Waals surface area contributed by atoms with Crippen LogP contribution in [0, 0.1) is 5.92 Å². The highest BCUT2D eigenvalue weighted by molar-refractivity contribution is 5.38. The van der Waals surface area contributed by atoms with E-state index in [9.17, 15) is 5.11 Å². The van der Waals surface area contributed by atoms with Crippen molar-refractivity contribution >= 4 is 0 Å². The fraction of sp³-hybridized carbons (Fsp3) is 0.368. The summed E-state index contributed by atoms with van der Waals surface area (Å²) >= 11 is 0. The normalized spacial score (nSPS) is 15.2. The first kappa shape index (κ1) is 14.3. The Morgan fingerprint density at radius 1 is 1.00 bits per heavy atom. The molecule has 0 saturated carbocycles. The molecule has 0 fully saturated rings. The summed E-state index contributed by atoms with van der Waals surface area (Å²) in [6.07, 6.45) is 0.474. The van der Waals surface area contributed by atoms with E-state index >= 15 is 0 Å². The van der Waals surface area contributed by atoms with Crippen molar-refractivity contribution in [2.45, 2.75) is 39.6 Å². The molecule has 2 nitrogen and oxygen atoms in total. The molecule has 1 atom stereocenters. The van der Waals surface area contributed by atoms with Crippen molar-refractivity contribution in [3.05, 3.63) is 70.3 Å². The van der Waals surface area contributed by atoms with Crippen LogP contribution in [-0.2, 0) is 24.4 Å². The lowest BCUT2D eigenvalue weighted by molar-refractivity contribution is 0.134. The number of benzene rings is 2. The van der Waals surface area contributed by atoms with Gasteiger partial charge in [0, 0.05) is 0 Å². The summed E-state index contributed by atoms with van der Waals surface area (Å²) in [6, 6.07) is 14.4. The minimum absolute atomic E-state index is 0.567. The molecule has 0 bridgehead atoms. The largest absolute Gasteiger partial charge is 0.384 e. The van der Waals surface area contributed by atoms with Crippen molar-refractivity contribution in [2.24, 2.45) is 5.92 Å². The maximum Gasteiger partial charge on any atom is 0.104 e. The maximum absolute atomic E-state index is 10.6. The lowest BCUT2D eigenvalue weighted by Crippen LogP contribution is -2.02. The van der Waals surface area contributed by atoms with Crippen molar-refractivity contribution in [1.29, 1.82) is 0 Å². The summed E-state index contributed by atoms with van der Waals surface area (Å²) < 4.78 is 5.44. The van der Waals surface area contributed by atoms with E-state index in [-0.39, 0.29) is 0 Å². The molecule has 0 spiro atoms. The van der Waals surface area contributed by atoms with Gasteiger partial charge >= 0.3 is 0 Å². The molecular formula is C19H22O2. The third kappa shape index (κ3) is 3.17. The smallest absolute Gasteiger partial charge is 0.104 e. The van der Waals surface area contributed by atoms with Gasteiger partial charge in [0.2, 0.25) is 0 Å². The van der Waals surface area contributed by atoms with Crippen LogP contribution >= 0.6 is 0 Å². The number of hydrogen-bond acceptors (Lipinski definition) is 2. The van der Waals surface area contributed by atoms with E-state index in [1.165, 1.54) is 16.7 Å². The highest BCUT2D eigenvalue weighted by Crippen LogP contribution is 2.28. The lowest BCUT2D eigenvalue weighted by atomic mass is 9.95. The Morgan fingerprint density at radius 2 is 1.76 bits per heavy atom. The first-order valence-corrected chi connectivity index (χ1v) is 7.60. The van der Waals surface area contributed by atoms with Crippen LogP contribution in [0.1, 0.15) is 47.8 Å². The molecule has 0 radical (unpaired) electrons. The second-order valence-electron chi connectivity index (χ2n) is 6.27. The third-order valence-corrected chi connectivity index (χ3v) is 3.97. The molecular weight excluding hydrogens is 260 g/mol. The van der Waals surface area contributed by atoms with E-state index < -0.39 is 6.10 Å². The first-order chi connectivity index (χ1) is 10.1. The Hall–Kier alpha value is -1.64. The van der Waals surface area contributed by atoms with Crippen LogP contribution in [0.25, 0.3) is 0 Å². The van der Waals surface area contributed by atoms with Gasteiger partial charge in [-0.15, -0.1) is 0 Å². The Labute approximate surface area is 126 Å². The molecule has 1 heterocycles. The van der Waals surface area contributed by atoms with Crippen LogP contribution in [0.2, 0.25) is 0 Å². The van der Waals surface area contributed by atoms with Gasteiger partial charge in [0.25, 0.3) is 0 Å². The van der Waals surface area contributed by atoms with Crippen LogP contribution < -0.4 is 0 Å². The quantitative estimate of drug-likeness (QED) is 0.918. The number of aliphatic hydroxyl groups excluding tert-OH is 1. The predicted octanol–water partition coefficient (Wildman–Crippen LogP) is 4.00. The highest BCUT2D eigenvalue weighted by Gasteiger charge is 2.16. The fourth-order valence-electron chi connectivity index (χ4n) is 2.92. The van der Waals surface area contributed by atoms with Crippen molar-refractivity contribution < 1.29 is 9.84 Å². The van der Waals surface area contributed by atoms with Crippen molar-refractivity contribution in [2.75, 3.05) is 0 Å². The molecule has 0 aromatic heterocycles. The maximum atomic E-state index is 10.6. The number of hydrogen-bond donors (Lipinski definition) is 1. The van der Waals surface area contributed by atoms with Gasteiger partial charge < -0.3 is 9.84 Å². The highest BCUT2D eigenvalue weighted by atomic mass is 16.5. The Bertz CT molecular complexity index is 631. The molecule has 0 aliphatic carbocycles. The third-order valence-electron chi connectivity index (χ3n) is 3.97. The van der Waals surface area contributed by atoms with Crippen LogP contribution in [-0.4, -0.2) is 5.11 Å². The molecule has 3 rings (SSSR count). The summed E-state index contributed by atoms with van der Waals surface area (Å²) in [5.74, 6) is 0.620. The zero-order valence-corrected chi connectivity index (χ0v) is 12.7. The molecule has 1 N–H and O–H groups in total. The van der Waals surface area contributed by atoms with Crippen LogP contribution in [0.4, 0.5) is 0 Å². The van der Waals surface area contributed by atoms with E-state index in [2.05, 4.69) is 38.1 Å². The SMILES string of the molecule is CC(C)Cc1cccc(C(O)c2ccc3c(c2)COC3)c1. The van der Waals surface area contributed by atoms with Gasteiger partial charge in [-0.05, 0) is 40.2 Å². The molecule has 110 valence electrons. The second kappa shape index (κ2) is 6.00. The monoisotopic (exact) mass is 282 g/mol. The van der Waals surface area contributed by atoms with Gasteiger partial charge in [-0.25, -0.2) is 0 Å². The minimum Gasteiger partial charge on any atom is -0.384 e. The molecule has 2 aromatic carbocycles. The van der Waals surface area contributed by atoms with Crippen molar-refractivity contribution in [3.8, 4) is 0 Å². The molecule has 1 aliphatic rings. The van der Waals surface area contributed by atoms with E-state index in [1.54, 1.807) is 0 Å². The van der Waals surface area contributed by atoms with Gasteiger partial charge in [0.15, 0.2) is 0 Å². The average Bonchev–Trinajstić information content (AvgIpc) is 2.93. The number of rotatable bonds is 4. The Balaban J connectivity index is 1.86. The van der Waals surface area contributed by atoms with Crippen LogP contribution in [0.5, 0.6) is 0 Å². The number of aliphatic hydroxyl groups is 1. The number of fused-ring (bicyclic) bond motifs is 1. The molecule has 1 unspecified atom stereocenters. The summed E-state index contributed by atoms with van der Waals surface area (Å²) in [7, 11) is 0. The van der Waals surface area contributed by atoms with Crippen LogP contribution in [0.15, 0.2) is 42.5 Å². The van der Waals surface area contributed by atoms with Gasteiger partial charge in [-0.2, -0.15) is 0 Å². The van der Waals surface area contributed by atoms with E-state index in [0.29, 0.717) is 19.1 Å². The van der Waals surface area contributed by atoms with E-state index in [4.69, 9.17) is 4.74 Å². The van der Waals surface area contributed by atoms with Crippen LogP contribution in [0.3, 0.4) is 0 Å². The Kier molecular flexibility index (Phi) is 4.09. The lowest BCUT2D eigenvalue weighted by Gasteiger charge is -2.14. The van der Waals surface area contributed by atoms with Crippen molar-refractivity contribution in [1.82, 2.24) is 0 Å². The Morgan fingerprint density at radius 3 is 2.57 bits per heavy atom. The van der Waals surface area contributed by atoms with E-state index in [0.717, 1.165) is 17.5 Å². The summed E-state index contributed by atoms with van der Waals surface area (Å²) in [5, 5.41) is 10.6. The zero-order valence-electron chi connectivity index (χ0n) is 12.7. The number of ether oxygens (including phenoxy) is 1. The summed E-state index contributed by atoms with van der Waals surface area (Å²) in [6.45, 7) is 5.77. The molecule has 0 amide bonds.